The van der Waals surface area contributed by atoms with Gasteiger partial charge in [0.25, 0.3) is 0 Å². The van der Waals surface area contributed by atoms with Crippen molar-refractivity contribution in [2.45, 2.75) is 19.3 Å². The van der Waals surface area contributed by atoms with Crippen LogP contribution in [-0.4, -0.2) is 32.7 Å². The van der Waals surface area contributed by atoms with Gasteiger partial charge in [-0.1, -0.05) is 18.2 Å². The molecule has 0 radical (unpaired) electrons. The van der Waals surface area contributed by atoms with Crippen LogP contribution in [0.2, 0.25) is 0 Å². The second kappa shape index (κ2) is 7.26. The third-order valence-corrected chi connectivity index (χ3v) is 3.52. The normalized spacial score (nSPS) is 19.1. The summed E-state index contributed by atoms with van der Waals surface area (Å²) in [5.74, 6) is 0.210. The molecule has 1 heterocycles. The Labute approximate surface area is 114 Å². The highest BCUT2D eigenvalue weighted by molar-refractivity contribution is 5.93. The van der Waals surface area contributed by atoms with Gasteiger partial charge in [-0.15, -0.1) is 0 Å². The smallest absolute Gasteiger partial charge is 0.228 e. The van der Waals surface area contributed by atoms with Crippen LogP contribution in [0.4, 0.5) is 5.69 Å². The van der Waals surface area contributed by atoms with Gasteiger partial charge < -0.3 is 15.4 Å². The van der Waals surface area contributed by atoms with Gasteiger partial charge in [0.1, 0.15) is 0 Å². The Kier molecular flexibility index (Phi) is 5.36. The number of carbonyl (C=O) groups excluding carboxylic acids is 1. The number of amides is 1. The van der Waals surface area contributed by atoms with Crippen molar-refractivity contribution in [3.05, 3.63) is 29.8 Å². The van der Waals surface area contributed by atoms with Crippen LogP contribution in [0.3, 0.4) is 0 Å². The molecule has 4 nitrogen and oxygen atoms in total. The minimum Gasteiger partial charge on any atom is -0.384 e. The van der Waals surface area contributed by atoms with Crippen molar-refractivity contribution >= 4 is 11.6 Å². The van der Waals surface area contributed by atoms with E-state index in [4.69, 9.17) is 4.74 Å². The molecule has 1 aliphatic heterocycles. The van der Waals surface area contributed by atoms with E-state index in [1.54, 1.807) is 7.11 Å². The highest BCUT2D eigenvalue weighted by Gasteiger charge is 2.21. The number of para-hydroxylation sites is 1. The molecule has 2 rings (SSSR count). The standard InChI is InChI=1S/C15H22N2O2/c1-19-10-8-12-5-2-3-7-14(12)17-15(18)13-6-4-9-16-11-13/h2-3,5,7,13,16H,4,6,8-11H2,1H3,(H,17,18)/t13-/m1/s1. The largest absolute Gasteiger partial charge is 0.384 e. The number of carbonyl (C=O) groups is 1. The molecule has 1 amide bonds. The molecule has 0 bridgehead atoms. The summed E-state index contributed by atoms with van der Waals surface area (Å²) in [7, 11) is 1.69. The zero-order chi connectivity index (χ0) is 13.5. The fourth-order valence-corrected chi connectivity index (χ4v) is 2.38. The van der Waals surface area contributed by atoms with E-state index >= 15 is 0 Å². The van der Waals surface area contributed by atoms with Crippen molar-refractivity contribution in [2.75, 3.05) is 32.1 Å². The molecular weight excluding hydrogens is 240 g/mol. The molecule has 104 valence electrons. The molecule has 4 heteroatoms. The summed E-state index contributed by atoms with van der Waals surface area (Å²) in [6.45, 7) is 2.47. The van der Waals surface area contributed by atoms with Gasteiger partial charge in [0.15, 0.2) is 0 Å². The van der Waals surface area contributed by atoms with Crippen LogP contribution in [0, 0.1) is 5.92 Å². The topological polar surface area (TPSA) is 50.4 Å². The Morgan fingerprint density at radius 3 is 3.05 bits per heavy atom. The number of ether oxygens (including phenoxy) is 1. The first-order valence-electron chi connectivity index (χ1n) is 6.89. The van der Waals surface area contributed by atoms with Gasteiger partial charge in [0.05, 0.1) is 12.5 Å². The molecule has 1 aliphatic rings. The van der Waals surface area contributed by atoms with Crippen LogP contribution < -0.4 is 10.6 Å². The quantitative estimate of drug-likeness (QED) is 0.851. The van der Waals surface area contributed by atoms with E-state index in [2.05, 4.69) is 10.6 Å². The number of benzene rings is 1. The monoisotopic (exact) mass is 262 g/mol. The molecule has 1 aromatic carbocycles. The minimum absolute atomic E-state index is 0.0873. The molecule has 0 aromatic heterocycles. The molecule has 1 aromatic rings. The van der Waals surface area contributed by atoms with Gasteiger partial charge in [0.2, 0.25) is 5.91 Å². The molecule has 1 fully saturated rings. The van der Waals surface area contributed by atoms with Crippen LogP contribution in [0.1, 0.15) is 18.4 Å². The molecule has 0 aliphatic carbocycles. The van der Waals surface area contributed by atoms with Crippen molar-refractivity contribution < 1.29 is 9.53 Å². The fourth-order valence-electron chi connectivity index (χ4n) is 2.38. The van der Waals surface area contributed by atoms with E-state index in [9.17, 15) is 4.79 Å². The molecule has 0 saturated carbocycles. The second-order valence-corrected chi connectivity index (χ2v) is 4.93. The Morgan fingerprint density at radius 2 is 2.32 bits per heavy atom. The van der Waals surface area contributed by atoms with Gasteiger partial charge in [0, 0.05) is 19.3 Å². The fraction of sp³-hybridized carbons (Fsp3) is 0.533. The molecule has 0 unspecified atom stereocenters. The third kappa shape index (κ3) is 4.04. The predicted octanol–water partition coefficient (Wildman–Crippen LogP) is 1.81. The lowest BCUT2D eigenvalue weighted by atomic mass is 9.98. The molecule has 0 spiro atoms. The number of hydrogen-bond donors (Lipinski definition) is 2. The lowest BCUT2D eigenvalue weighted by Crippen LogP contribution is -2.37. The lowest BCUT2D eigenvalue weighted by molar-refractivity contribution is -0.120. The maximum atomic E-state index is 12.2. The summed E-state index contributed by atoms with van der Waals surface area (Å²) in [6, 6.07) is 7.93. The van der Waals surface area contributed by atoms with E-state index in [1.165, 1.54) is 0 Å². The lowest BCUT2D eigenvalue weighted by Gasteiger charge is -2.22. The number of rotatable bonds is 5. The SMILES string of the molecule is COCCc1ccccc1NC(=O)[C@@H]1CCCNC1. The number of nitrogens with one attached hydrogen (secondary N) is 2. The summed E-state index contributed by atoms with van der Waals surface area (Å²) >= 11 is 0. The number of hydrogen-bond acceptors (Lipinski definition) is 3. The zero-order valence-electron chi connectivity index (χ0n) is 11.4. The highest BCUT2D eigenvalue weighted by atomic mass is 16.5. The third-order valence-electron chi connectivity index (χ3n) is 3.52. The summed E-state index contributed by atoms with van der Waals surface area (Å²) in [6.07, 6.45) is 2.86. The zero-order valence-corrected chi connectivity index (χ0v) is 11.4. The molecule has 1 saturated heterocycles. The Morgan fingerprint density at radius 1 is 1.47 bits per heavy atom. The van der Waals surface area contributed by atoms with Gasteiger partial charge >= 0.3 is 0 Å². The number of piperidine rings is 1. The van der Waals surface area contributed by atoms with Gasteiger partial charge in [-0.2, -0.15) is 0 Å². The van der Waals surface area contributed by atoms with E-state index in [-0.39, 0.29) is 11.8 Å². The Balaban J connectivity index is 1.99. The van der Waals surface area contributed by atoms with Crippen molar-refractivity contribution in [2.24, 2.45) is 5.92 Å². The van der Waals surface area contributed by atoms with Gasteiger partial charge in [-0.25, -0.2) is 0 Å². The van der Waals surface area contributed by atoms with E-state index < -0.39 is 0 Å². The summed E-state index contributed by atoms with van der Waals surface area (Å²) < 4.78 is 5.10. The van der Waals surface area contributed by atoms with Gasteiger partial charge in [-0.05, 0) is 37.4 Å². The number of anilines is 1. The van der Waals surface area contributed by atoms with Crippen LogP contribution in [0.15, 0.2) is 24.3 Å². The van der Waals surface area contributed by atoms with E-state index in [1.807, 2.05) is 24.3 Å². The average molecular weight is 262 g/mol. The second-order valence-electron chi connectivity index (χ2n) is 4.93. The molecular formula is C15H22N2O2. The summed E-state index contributed by atoms with van der Waals surface area (Å²) in [5, 5.41) is 6.32. The van der Waals surface area contributed by atoms with Crippen LogP contribution >= 0.6 is 0 Å². The number of methoxy groups -OCH3 is 1. The first kappa shape index (κ1) is 14.0. The van der Waals surface area contributed by atoms with Crippen molar-refractivity contribution in [1.29, 1.82) is 0 Å². The van der Waals surface area contributed by atoms with Crippen molar-refractivity contribution in [3.8, 4) is 0 Å². The van der Waals surface area contributed by atoms with Crippen molar-refractivity contribution in [3.63, 3.8) is 0 Å². The first-order chi connectivity index (χ1) is 9.31. The molecule has 19 heavy (non-hydrogen) atoms. The average Bonchev–Trinajstić information content (AvgIpc) is 2.47. The van der Waals surface area contributed by atoms with Crippen LogP contribution in [0.5, 0.6) is 0 Å². The first-order valence-corrected chi connectivity index (χ1v) is 6.89. The Bertz CT molecular complexity index is 414. The van der Waals surface area contributed by atoms with Crippen LogP contribution in [0.25, 0.3) is 0 Å². The Hall–Kier alpha value is -1.39. The predicted molar refractivity (Wildman–Crippen MR) is 76.2 cm³/mol. The summed E-state index contributed by atoms with van der Waals surface area (Å²) in [5.41, 5.74) is 2.04. The van der Waals surface area contributed by atoms with Crippen LogP contribution in [-0.2, 0) is 16.0 Å². The van der Waals surface area contributed by atoms with E-state index in [0.29, 0.717) is 6.61 Å². The summed E-state index contributed by atoms with van der Waals surface area (Å²) in [4.78, 5) is 12.2. The van der Waals surface area contributed by atoms with E-state index in [0.717, 1.165) is 43.6 Å². The molecule has 2 N–H and O–H groups in total. The van der Waals surface area contributed by atoms with Gasteiger partial charge in [-0.3, -0.25) is 4.79 Å². The minimum atomic E-state index is 0.0873. The highest BCUT2D eigenvalue weighted by Crippen LogP contribution is 2.18. The molecule has 1 atom stereocenters. The maximum absolute atomic E-state index is 12.2. The van der Waals surface area contributed by atoms with Crippen molar-refractivity contribution in [1.82, 2.24) is 5.32 Å². The maximum Gasteiger partial charge on any atom is 0.228 e.